The van der Waals surface area contributed by atoms with Crippen molar-refractivity contribution in [3.63, 3.8) is 0 Å². The van der Waals surface area contributed by atoms with Crippen molar-refractivity contribution in [2.24, 2.45) is 0 Å². The Morgan fingerprint density at radius 2 is 1.13 bits per heavy atom. The zero-order valence-electron chi connectivity index (χ0n) is 32.7. The van der Waals surface area contributed by atoms with Crippen LogP contribution in [-0.4, -0.2) is 89.0 Å². The Hall–Kier alpha value is -2.60. The normalized spacial score (nSPS) is 21.5. The third-order valence-electron chi connectivity index (χ3n) is 8.98. The number of aliphatic hydroxyl groups is 4. The van der Waals surface area contributed by atoms with Crippen LogP contribution in [0.4, 0.5) is 0 Å². The quantitative estimate of drug-likeness (QED) is 0.0231. The van der Waals surface area contributed by atoms with Crippen molar-refractivity contribution in [3.05, 3.63) is 60.8 Å². The molecule has 0 bridgehead atoms. The van der Waals surface area contributed by atoms with Crippen LogP contribution in [0, 0.1) is 0 Å². The van der Waals surface area contributed by atoms with E-state index >= 15 is 0 Å². The lowest BCUT2D eigenvalue weighted by atomic mass is 9.99. The molecule has 53 heavy (non-hydrogen) atoms. The lowest BCUT2D eigenvalue weighted by Crippen LogP contribution is -2.59. The lowest BCUT2D eigenvalue weighted by molar-refractivity contribution is -0.305. The van der Waals surface area contributed by atoms with Crippen molar-refractivity contribution >= 4 is 11.9 Å². The van der Waals surface area contributed by atoms with Crippen LogP contribution in [0.5, 0.6) is 0 Å². The molecule has 304 valence electrons. The van der Waals surface area contributed by atoms with E-state index in [-0.39, 0.29) is 26.1 Å². The molecule has 4 N–H and O–H groups in total. The molecular formula is C43H72O10. The van der Waals surface area contributed by atoms with Gasteiger partial charge in [-0.05, 0) is 57.8 Å². The fourth-order valence-corrected chi connectivity index (χ4v) is 5.72. The van der Waals surface area contributed by atoms with E-state index in [1.54, 1.807) is 0 Å². The number of carbonyl (C=O) groups is 2. The highest BCUT2D eigenvalue weighted by Gasteiger charge is 2.44. The van der Waals surface area contributed by atoms with Crippen LogP contribution in [-0.2, 0) is 28.5 Å². The molecule has 1 aliphatic rings. The molecule has 0 spiro atoms. The van der Waals surface area contributed by atoms with Gasteiger partial charge in [-0.3, -0.25) is 9.59 Å². The zero-order valence-corrected chi connectivity index (χ0v) is 32.7. The van der Waals surface area contributed by atoms with Crippen LogP contribution < -0.4 is 0 Å². The SMILES string of the molecule is CC/C=C/C=C/C=C/C=C/CCCCCC(=O)OC(COC(=O)CCCCCCCCC/C=C/CCCCCC)CO[C@H]1O[C@@H](CO)[C@@H](O)C(O)C1O. The Bertz CT molecular complexity index is 1050. The van der Waals surface area contributed by atoms with Crippen molar-refractivity contribution < 1.29 is 49.0 Å². The Kier molecular flexibility index (Phi) is 31.0. The molecule has 1 heterocycles. The number of aliphatic hydroxyl groups excluding tert-OH is 4. The summed E-state index contributed by atoms with van der Waals surface area (Å²) in [5.74, 6) is -0.864. The first-order valence-corrected chi connectivity index (χ1v) is 20.4. The first-order chi connectivity index (χ1) is 25.8. The molecule has 10 heteroatoms. The van der Waals surface area contributed by atoms with Gasteiger partial charge in [0.2, 0.25) is 0 Å². The van der Waals surface area contributed by atoms with Crippen LogP contribution in [0.15, 0.2) is 60.8 Å². The smallest absolute Gasteiger partial charge is 0.306 e. The van der Waals surface area contributed by atoms with Crippen molar-refractivity contribution in [1.82, 2.24) is 0 Å². The largest absolute Gasteiger partial charge is 0.462 e. The second kappa shape index (κ2) is 33.9. The second-order valence-electron chi connectivity index (χ2n) is 13.8. The van der Waals surface area contributed by atoms with Gasteiger partial charge in [-0.25, -0.2) is 0 Å². The van der Waals surface area contributed by atoms with Crippen LogP contribution in [0.2, 0.25) is 0 Å². The predicted molar refractivity (Wildman–Crippen MR) is 210 cm³/mol. The molecule has 0 aromatic rings. The molecular weight excluding hydrogens is 676 g/mol. The van der Waals surface area contributed by atoms with Gasteiger partial charge in [-0.1, -0.05) is 132 Å². The van der Waals surface area contributed by atoms with Crippen molar-refractivity contribution in [1.29, 1.82) is 0 Å². The first-order valence-electron chi connectivity index (χ1n) is 20.4. The van der Waals surface area contributed by atoms with Crippen LogP contribution in [0.3, 0.4) is 0 Å². The van der Waals surface area contributed by atoms with Crippen molar-refractivity contribution in [2.75, 3.05) is 19.8 Å². The van der Waals surface area contributed by atoms with Gasteiger partial charge in [-0.2, -0.15) is 0 Å². The molecule has 1 rings (SSSR count). The van der Waals surface area contributed by atoms with E-state index in [1.165, 1.54) is 51.4 Å². The summed E-state index contributed by atoms with van der Waals surface area (Å²) in [5.41, 5.74) is 0. The summed E-state index contributed by atoms with van der Waals surface area (Å²) in [7, 11) is 0. The third kappa shape index (κ3) is 25.9. The predicted octanol–water partition coefficient (Wildman–Crippen LogP) is 7.88. The molecule has 0 amide bonds. The van der Waals surface area contributed by atoms with E-state index in [9.17, 15) is 30.0 Å². The number of carbonyl (C=O) groups excluding carboxylic acids is 2. The van der Waals surface area contributed by atoms with Gasteiger partial charge in [0.1, 0.15) is 31.0 Å². The maximum Gasteiger partial charge on any atom is 0.306 e. The Labute approximate surface area is 320 Å². The molecule has 1 saturated heterocycles. The molecule has 0 aromatic carbocycles. The molecule has 1 fully saturated rings. The number of esters is 2. The summed E-state index contributed by atoms with van der Waals surface area (Å²) in [4.78, 5) is 25.2. The Balaban J connectivity index is 2.41. The summed E-state index contributed by atoms with van der Waals surface area (Å²) in [5, 5.41) is 40.0. The topological polar surface area (TPSA) is 152 Å². The van der Waals surface area contributed by atoms with Crippen LogP contribution in [0.1, 0.15) is 142 Å². The highest BCUT2D eigenvalue weighted by Crippen LogP contribution is 2.22. The van der Waals surface area contributed by atoms with Crippen LogP contribution in [0.25, 0.3) is 0 Å². The molecule has 0 radical (unpaired) electrons. The molecule has 3 unspecified atom stereocenters. The summed E-state index contributed by atoms with van der Waals surface area (Å²) in [6, 6.07) is 0. The molecule has 6 atom stereocenters. The zero-order chi connectivity index (χ0) is 38.8. The van der Waals surface area contributed by atoms with Crippen molar-refractivity contribution in [3.8, 4) is 0 Å². The minimum absolute atomic E-state index is 0.181. The first kappa shape index (κ1) is 48.4. The Morgan fingerprint density at radius 1 is 0.604 bits per heavy atom. The van der Waals surface area contributed by atoms with E-state index in [4.69, 9.17) is 18.9 Å². The number of rotatable bonds is 32. The van der Waals surface area contributed by atoms with Gasteiger partial charge in [0.05, 0.1) is 13.2 Å². The average Bonchev–Trinajstić information content (AvgIpc) is 3.15. The molecule has 1 aliphatic heterocycles. The lowest BCUT2D eigenvalue weighted by Gasteiger charge is -2.39. The third-order valence-corrected chi connectivity index (χ3v) is 8.98. The minimum atomic E-state index is -1.60. The number of unbranched alkanes of at least 4 members (excludes halogenated alkanes) is 14. The molecule has 0 aliphatic carbocycles. The fourth-order valence-electron chi connectivity index (χ4n) is 5.72. The van der Waals surface area contributed by atoms with Gasteiger partial charge in [0.15, 0.2) is 12.4 Å². The van der Waals surface area contributed by atoms with Gasteiger partial charge in [0, 0.05) is 12.8 Å². The summed E-state index contributed by atoms with van der Waals surface area (Å²) < 4.78 is 22.0. The average molecular weight is 749 g/mol. The number of hydrogen-bond donors (Lipinski definition) is 4. The fraction of sp³-hybridized carbons (Fsp3) is 0.721. The number of allylic oxidation sites excluding steroid dienone is 10. The molecule has 0 aromatic heterocycles. The minimum Gasteiger partial charge on any atom is -0.462 e. The standard InChI is InChI=1S/C43H72O10/c1-3-5-7-9-11-13-15-17-18-20-21-23-25-27-29-31-38(45)50-34-36(35-51-43-42(49)41(48)40(47)37(33-44)53-43)52-39(46)32-30-28-26-24-22-19-16-14-12-10-8-6-4-2/h6,8,10,12-16,19,22,36-37,40-44,47-49H,3-5,7,9,11,17-18,20-21,23-35H2,1-2H3/b8-6+,12-10+,15-13+,16-14+,22-19+/t36?,37-,40+,41?,42?,43-/m0/s1. The van der Waals surface area contributed by atoms with Crippen molar-refractivity contribution in [2.45, 2.75) is 179 Å². The van der Waals surface area contributed by atoms with Gasteiger partial charge >= 0.3 is 11.9 Å². The summed E-state index contributed by atoms with van der Waals surface area (Å²) >= 11 is 0. The maximum atomic E-state index is 12.7. The van der Waals surface area contributed by atoms with E-state index in [0.29, 0.717) is 12.8 Å². The monoisotopic (exact) mass is 749 g/mol. The highest BCUT2D eigenvalue weighted by atomic mass is 16.7. The number of ether oxygens (including phenoxy) is 4. The van der Waals surface area contributed by atoms with Crippen LogP contribution >= 0.6 is 0 Å². The van der Waals surface area contributed by atoms with E-state index in [1.807, 2.05) is 36.5 Å². The maximum absolute atomic E-state index is 12.7. The second-order valence-corrected chi connectivity index (χ2v) is 13.8. The highest BCUT2D eigenvalue weighted by molar-refractivity contribution is 5.70. The molecule has 10 nitrogen and oxygen atoms in total. The van der Waals surface area contributed by atoms with Gasteiger partial charge in [0.25, 0.3) is 0 Å². The Morgan fingerprint density at radius 3 is 1.75 bits per heavy atom. The summed E-state index contributed by atoms with van der Waals surface area (Å²) in [6.07, 6.45) is 32.3. The van der Waals surface area contributed by atoms with E-state index in [0.717, 1.165) is 51.4 Å². The van der Waals surface area contributed by atoms with Gasteiger partial charge in [-0.15, -0.1) is 0 Å². The van der Waals surface area contributed by atoms with E-state index in [2.05, 4.69) is 38.2 Å². The molecule has 0 saturated carbocycles. The van der Waals surface area contributed by atoms with Gasteiger partial charge < -0.3 is 39.4 Å². The van der Waals surface area contributed by atoms with E-state index < -0.39 is 55.4 Å². The summed E-state index contributed by atoms with van der Waals surface area (Å²) in [6.45, 7) is 3.20. The number of hydrogen-bond acceptors (Lipinski definition) is 10.